The molecule has 33 heavy (non-hydrogen) atoms. The fraction of sp³-hybridized carbons (Fsp3) is 0.160. The van der Waals surface area contributed by atoms with Gasteiger partial charge < -0.3 is 19.5 Å². The number of carbonyl (C=O) groups is 2. The van der Waals surface area contributed by atoms with Gasteiger partial charge in [0, 0.05) is 30.6 Å². The predicted octanol–water partition coefficient (Wildman–Crippen LogP) is 3.86. The molecule has 0 radical (unpaired) electrons. The largest absolute Gasteiger partial charge is 0.507 e. The van der Waals surface area contributed by atoms with E-state index in [9.17, 15) is 19.1 Å². The molecule has 1 saturated heterocycles. The first-order valence-electron chi connectivity index (χ1n) is 10.1. The van der Waals surface area contributed by atoms with Crippen LogP contribution in [0.15, 0.2) is 72.6 Å². The highest BCUT2D eigenvalue weighted by Gasteiger charge is 2.47. The summed E-state index contributed by atoms with van der Waals surface area (Å²) < 4.78 is 25.4. The third-order valence-corrected chi connectivity index (χ3v) is 5.48. The van der Waals surface area contributed by atoms with E-state index >= 15 is 0 Å². The summed E-state index contributed by atoms with van der Waals surface area (Å²) in [7, 11) is 2.89. The molecule has 8 heteroatoms. The standard InChI is InChI=1S/C25H21FN2O5/c1-32-16-9-10-18(20(12-16)33-2)23(29)21-22(17-7-3-4-8-19(17)26)28(25(31)24(21)30)14-15-6-5-11-27-13-15/h3-13,22,29H,14H2,1-2H3/b23-21+. The number of hydrogen-bond acceptors (Lipinski definition) is 6. The quantitative estimate of drug-likeness (QED) is 0.350. The van der Waals surface area contributed by atoms with Crippen LogP contribution in [-0.4, -0.2) is 40.9 Å². The molecule has 1 N–H and O–H groups in total. The number of aliphatic hydroxyl groups excluding tert-OH is 1. The smallest absolute Gasteiger partial charge is 0.295 e. The van der Waals surface area contributed by atoms with Crippen molar-refractivity contribution in [3.05, 3.63) is 95.1 Å². The number of halogens is 1. The van der Waals surface area contributed by atoms with Crippen LogP contribution in [0.25, 0.3) is 5.76 Å². The molecule has 1 amide bonds. The van der Waals surface area contributed by atoms with Crippen LogP contribution in [0.5, 0.6) is 11.5 Å². The summed E-state index contributed by atoms with van der Waals surface area (Å²) in [6.45, 7) is 0.00788. The summed E-state index contributed by atoms with van der Waals surface area (Å²) in [5.74, 6) is -2.12. The monoisotopic (exact) mass is 448 g/mol. The highest BCUT2D eigenvalue weighted by molar-refractivity contribution is 6.46. The van der Waals surface area contributed by atoms with Crippen LogP contribution in [0.1, 0.15) is 22.7 Å². The molecule has 0 spiro atoms. The van der Waals surface area contributed by atoms with Gasteiger partial charge >= 0.3 is 0 Å². The molecule has 1 aliphatic heterocycles. The van der Waals surface area contributed by atoms with Crippen LogP contribution in [0, 0.1) is 5.82 Å². The van der Waals surface area contributed by atoms with Gasteiger partial charge in [-0.25, -0.2) is 4.39 Å². The van der Waals surface area contributed by atoms with Crippen molar-refractivity contribution < 1.29 is 28.6 Å². The van der Waals surface area contributed by atoms with E-state index in [4.69, 9.17) is 9.47 Å². The lowest BCUT2D eigenvalue weighted by Gasteiger charge is -2.25. The number of aromatic nitrogens is 1. The van der Waals surface area contributed by atoms with Gasteiger partial charge in [-0.05, 0) is 29.8 Å². The van der Waals surface area contributed by atoms with E-state index in [0.717, 1.165) is 0 Å². The summed E-state index contributed by atoms with van der Waals surface area (Å²) in [5, 5.41) is 11.2. The van der Waals surface area contributed by atoms with E-state index in [1.807, 2.05) is 0 Å². The highest BCUT2D eigenvalue weighted by Crippen LogP contribution is 2.42. The maximum atomic E-state index is 14.9. The molecule has 1 aliphatic rings. The van der Waals surface area contributed by atoms with E-state index in [1.54, 1.807) is 42.7 Å². The first-order valence-corrected chi connectivity index (χ1v) is 10.1. The van der Waals surface area contributed by atoms with Gasteiger partial charge in [-0.15, -0.1) is 0 Å². The van der Waals surface area contributed by atoms with Crippen molar-refractivity contribution in [2.24, 2.45) is 0 Å². The number of pyridine rings is 1. The Labute approximate surface area is 189 Å². The molecule has 3 aromatic rings. The Kier molecular flexibility index (Phi) is 6.08. The topological polar surface area (TPSA) is 89.0 Å². The Morgan fingerprint density at radius 2 is 1.88 bits per heavy atom. The van der Waals surface area contributed by atoms with Gasteiger partial charge in [0.2, 0.25) is 0 Å². The number of carbonyl (C=O) groups excluding carboxylic acids is 2. The van der Waals surface area contributed by atoms with Crippen LogP contribution >= 0.6 is 0 Å². The lowest BCUT2D eigenvalue weighted by Crippen LogP contribution is -2.29. The van der Waals surface area contributed by atoms with Gasteiger partial charge in [-0.3, -0.25) is 14.6 Å². The minimum Gasteiger partial charge on any atom is -0.507 e. The minimum absolute atomic E-state index is 0.00788. The van der Waals surface area contributed by atoms with Crippen LogP contribution in [-0.2, 0) is 16.1 Å². The molecule has 1 unspecified atom stereocenters. The molecule has 7 nitrogen and oxygen atoms in total. The first kappa shape index (κ1) is 22.0. The van der Waals surface area contributed by atoms with Gasteiger partial charge in [-0.1, -0.05) is 24.3 Å². The average Bonchev–Trinajstić information content (AvgIpc) is 3.09. The van der Waals surface area contributed by atoms with Gasteiger partial charge in [0.1, 0.15) is 23.1 Å². The third-order valence-electron chi connectivity index (χ3n) is 5.48. The second-order valence-electron chi connectivity index (χ2n) is 7.38. The second kappa shape index (κ2) is 9.12. The number of likely N-dealkylation sites (tertiary alicyclic amines) is 1. The molecule has 1 aromatic heterocycles. The minimum atomic E-state index is -1.14. The molecule has 0 bridgehead atoms. The summed E-state index contributed by atoms with van der Waals surface area (Å²) in [6, 6.07) is 12.8. The number of ether oxygens (including phenoxy) is 2. The number of Topliss-reactive ketones (excluding diaryl/α,β-unsaturated/α-hetero) is 1. The highest BCUT2D eigenvalue weighted by atomic mass is 19.1. The summed E-state index contributed by atoms with van der Waals surface area (Å²) >= 11 is 0. The van der Waals surface area contributed by atoms with Crippen LogP contribution in [0.3, 0.4) is 0 Å². The zero-order valence-electron chi connectivity index (χ0n) is 18.0. The Morgan fingerprint density at radius 1 is 1.09 bits per heavy atom. The Bertz CT molecular complexity index is 1240. The molecule has 168 valence electrons. The van der Waals surface area contributed by atoms with Crippen LogP contribution in [0.4, 0.5) is 4.39 Å². The molecule has 0 saturated carbocycles. The molecule has 1 fully saturated rings. The van der Waals surface area contributed by atoms with Crippen molar-refractivity contribution in [1.29, 1.82) is 0 Å². The van der Waals surface area contributed by atoms with Gasteiger partial charge in [0.15, 0.2) is 0 Å². The fourth-order valence-electron chi connectivity index (χ4n) is 3.89. The lowest BCUT2D eigenvalue weighted by atomic mass is 9.94. The summed E-state index contributed by atoms with van der Waals surface area (Å²) in [5.41, 5.74) is 0.703. The number of benzene rings is 2. The van der Waals surface area contributed by atoms with E-state index in [-0.39, 0.29) is 29.0 Å². The summed E-state index contributed by atoms with van der Waals surface area (Å²) in [4.78, 5) is 31.4. The number of ketones is 1. The normalized spacial score (nSPS) is 17.3. The number of methoxy groups -OCH3 is 2. The first-order chi connectivity index (χ1) is 16.0. The van der Waals surface area contributed by atoms with Crippen molar-refractivity contribution in [3.8, 4) is 11.5 Å². The molecule has 0 aliphatic carbocycles. The van der Waals surface area contributed by atoms with Crippen molar-refractivity contribution in [1.82, 2.24) is 9.88 Å². The molecule has 2 aromatic carbocycles. The Hall–Kier alpha value is -4.20. The van der Waals surface area contributed by atoms with Gasteiger partial charge in [-0.2, -0.15) is 0 Å². The third kappa shape index (κ3) is 4.03. The number of amides is 1. The zero-order valence-corrected chi connectivity index (χ0v) is 18.0. The van der Waals surface area contributed by atoms with E-state index in [1.165, 1.54) is 43.4 Å². The van der Waals surface area contributed by atoms with Crippen molar-refractivity contribution in [3.63, 3.8) is 0 Å². The fourth-order valence-corrected chi connectivity index (χ4v) is 3.89. The number of rotatable bonds is 6. The second-order valence-corrected chi connectivity index (χ2v) is 7.38. The van der Waals surface area contributed by atoms with E-state index in [2.05, 4.69) is 4.98 Å². The molecule has 4 rings (SSSR count). The van der Waals surface area contributed by atoms with Crippen LogP contribution < -0.4 is 9.47 Å². The summed E-state index contributed by atoms with van der Waals surface area (Å²) in [6.07, 6.45) is 3.14. The molecule has 2 heterocycles. The maximum absolute atomic E-state index is 14.9. The Morgan fingerprint density at radius 3 is 2.55 bits per heavy atom. The lowest BCUT2D eigenvalue weighted by molar-refractivity contribution is -0.140. The van der Waals surface area contributed by atoms with Crippen molar-refractivity contribution >= 4 is 17.4 Å². The molecular weight excluding hydrogens is 427 g/mol. The molecular formula is C25H21FN2O5. The van der Waals surface area contributed by atoms with Crippen molar-refractivity contribution in [2.75, 3.05) is 14.2 Å². The number of aliphatic hydroxyl groups is 1. The van der Waals surface area contributed by atoms with Crippen molar-refractivity contribution in [2.45, 2.75) is 12.6 Å². The number of nitrogens with zero attached hydrogens (tertiary/aromatic N) is 2. The zero-order chi connectivity index (χ0) is 23.5. The SMILES string of the molecule is COc1ccc(/C(O)=C2\C(=O)C(=O)N(Cc3cccnc3)C2c2ccccc2F)c(OC)c1. The Balaban J connectivity index is 1.91. The van der Waals surface area contributed by atoms with Gasteiger partial charge in [0.05, 0.1) is 31.4 Å². The number of hydrogen-bond donors (Lipinski definition) is 1. The maximum Gasteiger partial charge on any atom is 0.295 e. The average molecular weight is 448 g/mol. The van der Waals surface area contributed by atoms with E-state index in [0.29, 0.717) is 11.3 Å². The predicted molar refractivity (Wildman–Crippen MR) is 118 cm³/mol. The van der Waals surface area contributed by atoms with E-state index < -0.39 is 29.3 Å². The van der Waals surface area contributed by atoms with Gasteiger partial charge in [0.25, 0.3) is 11.7 Å². The molecule has 1 atom stereocenters. The van der Waals surface area contributed by atoms with Crippen LogP contribution in [0.2, 0.25) is 0 Å².